The van der Waals surface area contributed by atoms with Gasteiger partial charge in [-0.3, -0.25) is 0 Å². The number of hydrogen-bond acceptors (Lipinski definition) is 1. The summed E-state index contributed by atoms with van der Waals surface area (Å²) in [6.07, 6.45) is -4.39. The van der Waals surface area contributed by atoms with E-state index in [0.29, 0.717) is 0 Å². The number of halogens is 3. The standard InChI is InChI=1S/C17H14F3N/c1-21-16(12-11-13-7-3-2-4-8-13)14-9-5-6-10-15(14)17(18,19)20/h2-10,16,21H,1H3. The van der Waals surface area contributed by atoms with Gasteiger partial charge in [-0.25, -0.2) is 0 Å². The van der Waals surface area contributed by atoms with Crippen LogP contribution in [-0.4, -0.2) is 7.05 Å². The molecule has 4 heteroatoms. The third-order valence-corrected chi connectivity index (χ3v) is 3.00. The van der Waals surface area contributed by atoms with Crippen molar-refractivity contribution in [2.45, 2.75) is 12.2 Å². The number of hydrogen-bond donors (Lipinski definition) is 1. The average molecular weight is 289 g/mol. The van der Waals surface area contributed by atoms with Crippen molar-refractivity contribution >= 4 is 0 Å². The van der Waals surface area contributed by atoms with E-state index < -0.39 is 17.8 Å². The Morgan fingerprint density at radius 1 is 0.952 bits per heavy atom. The highest BCUT2D eigenvalue weighted by Gasteiger charge is 2.34. The molecule has 21 heavy (non-hydrogen) atoms. The van der Waals surface area contributed by atoms with Gasteiger partial charge in [0.05, 0.1) is 11.6 Å². The van der Waals surface area contributed by atoms with Crippen molar-refractivity contribution < 1.29 is 13.2 Å². The van der Waals surface area contributed by atoms with Crippen LogP contribution in [0.5, 0.6) is 0 Å². The predicted octanol–water partition coefficient (Wildman–Crippen LogP) is 4.02. The van der Waals surface area contributed by atoms with E-state index in [1.54, 1.807) is 13.1 Å². The zero-order chi connectivity index (χ0) is 15.3. The number of benzene rings is 2. The first-order valence-corrected chi connectivity index (χ1v) is 6.42. The quantitative estimate of drug-likeness (QED) is 0.823. The average Bonchev–Trinajstić information content (AvgIpc) is 2.48. The van der Waals surface area contributed by atoms with Gasteiger partial charge < -0.3 is 5.32 Å². The normalized spacial score (nSPS) is 12.4. The van der Waals surface area contributed by atoms with Crippen LogP contribution < -0.4 is 5.32 Å². The second-order valence-electron chi connectivity index (χ2n) is 4.44. The van der Waals surface area contributed by atoms with Crippen LogP contribution in [0.1, 0.15) is 22.7 Å². The smallest absolute Gasteiger partial charge is 0.303 e. The van der Waals surface area contributed by atoms with Gasteiger partial charge in [0.2, 0.25) is 0 Å². The molecule has 2 rings (SSSR count). The Morgan fingerprint density at radius 2 is 1.57 bits per heavy atom. The minimum absolute atomic E-state index is 0.135. The third kappa shape index (κ3) is 3.87. The fourth-order valence-electron chi connectivity index (χ4n) is 1.99. The second-order valence-corrected chi connectivity index (χ2v) is 4.44. The molecule has 0 heterocycles. The fraction of sp³-hybridized carbons (Fsp3) is 0.176. The van der Waals surface area contributed by atoms with E-state index in [1.165, 1.54) is 12.1 Å². The molecule has 0 fully saturated rings. The maximum atomic E-state index is 13.0. The van der Waals surface area contributed by atoms with Gasteiger partial charge in [0.15, 0.2) is 0 Å². The van der Waals surface area contributed by atoms with Crippen LogP contribution in [0.2, 0.25) is 0 Å². The van der Waals surface area contributed by atoms with E-state index in [4.69, 9.17) is 0 Å². The Hall–Kier alpha value is -2.25. The number of rotatable bonds is 2. The molecule has 2 aromatic rings. The molecule has 108 valence electrons. The molecule has 0 saturated carbocycles. The van der Waals surface area contributed by atoms with E-state index in [0.717, 1.165) is 11.6 Å². The lowest BCUT2D eigenvalue weighted by atomic mass is 10.00. The van der Waals surface area contributed by atoms with E-state index in [2.05, 4.69) is 17.2 Å². The summed E-state index contributed by atoms with van der Waals surface area (Å²) in [6.45, 7) is 0. The summed E-state index contributed by atoms with van der Waals surface area (Å²) in [4.78, 5) is 0. The van der Waals surface area contributed by atoms with Crippen molar-refractivity contribution in [1.82, 2.24) is 5.32 Å². The summed E-state index contributed by atoms with van der Waals surface area (Å²) in [6, 6.07) is 14.0. The van der Waals surface area contributed by atoms with E-state index in [1.807, 2.05) is 30.3 Å². The zero-order valence-corrected chi connectivity index (χ0v) is 11.4. The van der Waals surface area contributed by atoms with Crippen LogP contribution in [0.25, 0.3) is 0 Å². The van der Waals surface area contributed by atoms with Gasteiger partial charge in [0.25, 0.3) is 0 Å². The molecule has 1 unspecified atom stereocenters. The van der Waals surface area contributed by atoms with E-state index in [9.17, 15) is 13.2 Å². The first-order valence-electron chi connectivity index (χ1n) is 6.42. The van der Waals surface area contributed by atoms with E-state index in [-0.39, 0.29) is 5.56 Å². The highest BCUT2D eigenvalue weighted by atomic mass is 19.4. The first-order chi connectivity index (χ1) is 10.0. The van der Waals surface area contributed by atoms with Gasteiger partial charge in [-0.1, -0.05) is 48.2 Å². The van der Waals surface area contributed by atoms with Crippen molar-refractivity contribution in [3.63, 3.8) is 0 Å². The highest BCUT2D eigenvalue weighted by Crippen LogP contribution is 2.34. The lowest BCUT2D eigenvalue weighted by Gasteiger charge is -2.17. The van der Waals surface area contributed by atoms with Crippen LogP contribution in [0.15, 0.2) is 54.6 Å². The first kappa shape index (κ1) is 15.1. The monoisotopic (exact) mass is 289 g/mol. The summed E-state index contributed by atoms with van der Waals surface area (Å²) in [5, 5.41) is 2.83. The van der Waals surface area contributed by atoms with Gasteiger partial charge >= 0.3 is 6.18 Å². The molecule has 1 nitrogen and oxygen atoms in total. The Labute approximate surface area is 121 Å². The largest absolute Gasteiger partial charge is 0.416 e. The molecule has 0 bridgehead atoms. The van der Waals surface area contributed by atoms with Crippen LogP contribution in [0.3, 0.4) is 0 Å². The van der Waals surface area contributed by atoms with Crippen molar-refractivity contribution in [2.24, 2.45) is 0 Å². The lowest BCUT2D eigenvalue weighted by molar-refractivity contribution is -0.138. The van der Waals surface area contributed by atoms with Crippen molar-refractivity contribution in [3.8, 4) is 11.8 Å². The Morgan fingerprint density at radius 3 is 2.19 bits per heavy atom. The van der Waals surface area contributed by atoms with Crippen LogP contribution in [0.4, 0.5) is 13.2 Å². The van der Waals surface area contributed by atoms with Crippen LogP contribution in [-0.2, 0) is 6.18 Å². The molecule has 0 aliphatic rings. The topological polar surface area (TPSA) is 12.0 Å². The summed E-state index contributed by atoms with van der Waals surface area (Å²) < 4.78 is 39.1. The molecule has 0 saturated heterocycles. The van der Waals surface area contributed by atoms with Gasteiger partial charge in [0, 0.05) is 5.56 Å². The van der Waals surface area contributed by atoms with E-state index >= 15 is 0 Å². The molecule has 2 aromatic carbocycles. The summed E-state index contributed by atoms with van der Waals surface area (Å²) in [7, 11) is 1.59. The molecule has 1 N–H and O–H groups in total. The molecular formula is C17H14F3N. The van der Waals surface area contributed by atoms with Gasteiger partial charge in [0.1, 0.15) is 0 Å². The van der Waals surface area contributed by atoms with Gasteiger partial charge in [-0.05, 0) is 30.8 Å². The molecule has 1 atom stereocenters. The van der Waals surface area contributed by atoms with Crippen LogP contribution >= 0.6 is 0 Å². The van der Waals surface area contributed by atoms with Crippen molar-refractivity contribution in [2.75, 3.05) is 7.05 Å². The molecule has 0 aliphatic heterocycles. The molecule has 0 spiro atoms. The van der Waals surface area contributed by atoms with Crippen molar-refractivity contribution in [1.29, 1.82) is 0 Å². The lowest BCUT2D eigenvalue weighted by Crippen LogP contribution is -2.19. The second kappa shape index (κ2) is 6.47. The Bertz CT molecular complexity index is 651. The third-order valence-electron chi connectivity index (χ3n) is 3.00. The Balaban J connectivity index is 2.38. The number of alkyl halides is 3. The van der Waals surface area contributed by atoms with Gasteiger partial charge in [-0.2, -0.15) is 13.2 Å². The minimum atomic E-state index is -4.39. The fourth-order valence-corrected chi connectivity index (χ4v) is 1.99. The zero-order valence-electron chi connectivity index (χ0n) is 11.4. The minimum Gasteiger partial charge on any atom is -0.303 e. The Kier molecular flexibility index (Phi) is 4.66. The predicted molar refractivity (Wildman–Crippen MR) is 76.6 cm³/mol. The van der Waals surface area contributed by atoms with Crippen LogP contribution in [0, 0.1) is 11.8 Å². The maximum absolute atomic E-state index is 13.0. The molecule has 0 amide bonds. The summed E-state index contributed by atoms with van der Waals surface area (Å²) in [5.74, 6) is 5.75. The molecular weight excluding hydrogens is 275 g/mol. The molecule has 0 radical (unpaired) electrons. The van der Waals surface area contributed by atoms with Crippen molar-refractivity contribution in [3.05, 3.63) is 71.3 Å². The van der Waals surface area contributed by atoms with Gasteiger partial charge in [-0.15, -0.1) is 0 Å². The summed E-state index contributed by atoms with van der Waals surface area (Å²) >= 11 is 0. The molecule has 0 aromatic heterocycles. The maximum Gasteiger partial charge on any atom is 0.416 e. The number of nitrogens with one attached hydrogen (secondary N) is 1. The highest BCUT2D eigenvalue weighted by molar-refractivity contribution is 5.41. The SMILES string of the molecule is CNC(C#Cc1ccccc1)c1ccccc1C(F)(F)F. The summed E-state index contributed by atoms with van der Waals surface area (Å²) in [5.41, 5.74) is 0.241. The molecule has 0 aliphatic carbocycles.